The van der Waals surface area contributed by atoms with E-state index in [4.69, 9.17) is 0 Å². The zero-order valence-corrected chi connectivity index (χ0v) is 28.2. The fourth-order valence-electron chi connectivity index (χ4n) is 6.35. The molecule has 2 heteroatoms. The predicted octanol–water partition coefficient (Wildman–Crippen LogP) is 13.5. The molecule has 0 atom stereocenters. The molecule has 7 aromatic rings. The van der Waals surface area contributed by atoms with Gasteiger partial charge in [0.2, 0.25) is 0 Å². The Bertz CT molecular complexity index is 2110. The number of hydrogen-bond donors (Lipinski definition) is 0. The maximum atomic E-state index is 3.57. The van der Waals surface area contributed by atoms with Gasteiger partial charge in [-0.05, 0) is 119 Å². The Labute approximate surface area is 276 Å². The van der Waals surface area contributed by atoms with Crippen LogP contribution in [-0.4, -0.2) is 0 Å². The number of halogens is 2. The van der Waals surface area contributed by atoms with E-state index in [-0.39, 0.29) is 5.41 Å². The average Bonchev–Trinajstić information content (AvgIpc) is 3.03. The van der Waals surface area contributed by atoms with Crippen LogP contribution in [0.4, 0.5) is 0 Å². The second-order valence-corrected chi connectivity index (χ2v) is 14.3. The van der Waals surface area contributed by atoms with Crippen molar-refractivity contribution < 1.29 is 0 Å². The summed E-state index contributed by atoms with van der Waals surface area (Å²) in [6.45, 7) is 7.03. The molecule has 0 fully saturated rings. The molecule has 0 saturated carbocycles. The van der Waals surface area contributed by atoms with Crippen molar-refractivity contribution in [3.8, 4) is 44.5 Å². The Kier molecular flexibility index (Phi) is 7.52. The normalized spacial score (nSPS) is 11.8. The lowest BCUT2D eigenvalue weighted by Crippen LogP contribution is -2.15. The van der Waals surface area contributed by atoms with E-state index in [1.807, 2.05) is 0 Å². The first-order valence-electron chi connectivity index (χ1n) is 15.0. The van der Waals surface area contributed by atoms with Gasteiger partial charge in [0, 0.05) is 8.95 Å². The van der Waals surface area contributed by atoms with E-state index in [9.17, 15) is 0 Å². The van der Waals surface area contributed by atoms with Gasteiger partial charge in [-0.3, -0.25) is 0 Å². The van der Waals surface area contributed by atoms with Crippen LogP contribution in [0.25, 0.3) is 66.1 Å². The standard InChI is InChI=1S/C42H32Br2/c1-42(2,3)41-39(31-12-8-27(9-13-31)29-16-20-36(43)21-17-29)26-35-24-33-6-4-5-7-34(33)25-38(35)40(41)32-14-10-28(11-15-32)30-18-22-37(44)23-19-30/h4-26H,1-3H3. The summed E-state index contributed by atoms with van der Waals surface area (Å²) < 4.78 is 2.18. The molecule has 0 amide bonds. The molecule has 0 saturated heterocycles. The Morgan fingerprint density at radius 3 is 1.30 bits per heavy atom. The molecule has 0 N–H and O–H groups in total. The lowest BCUT2D eigenvalue weighted by atomic mass is 9.75. The topological polar surface area (TPSA) is 0 Å². The number of fused-ring (bicyclic) bond motifs is 2. The molecule has 44 heavy (non-hydrogen) atoms. The molecular formula is C42H32Br2. The highest BCUT2D eigenvalue weighted by Crippen LogP contribution is 2.46. The summed E-state index contributed by atoms with van der Waals surface area (Å²) >= 11 is 7.13. The van der Waals surface area contributed by atoms with Crippen LogP contribution < -0.4 is 0 Å². The Morgan fingerprint density at radius 2 is 0.818 bits per heavy atom. The molecule has 0 aliphatic heterocycles. The van der Waals surface area contributed by atoms with Crippen molar-refractivity contribution in [2.24, 2.45) is 0 Å². The fourth-order valence-corrected chi connectivity index (χ4v) is 6.88. The van der Waals surface area contributed by atoms with Crippen LogP contribution in [0.15, 0.2) is 148 Å². The van der Waals surface area contributed by atoms with Crippen LogP contribution in [0.3, 0.4) is 0 Å². The molecule has 0 unspecified atom stereocenters. The van der Waals surface area contributed by atoms with Crippen LogP contribution in [0.2, 0.25) is 0 Å². The summed E-state index contributed by atoms with van der Waals surface area (Å²) in [4.78, 5) is 0. The minimum Gasteiger partial charge on any atom is -0.0616 e. The molecule has 0 spiro atoms. The Morgan fingerprint density at radius 1 is 0.409 bits per heavy atom. The quantitative estimate of drug-likeness (QED) is 0.161. The van der Waals surface area contributed by atoms with Crippen molar-refractivity contribution in [3.63, 3.8) is 0 Å². The molecule has 7 rings (SSSR count). The molecule has 0 aliphatic rings. The highest BCUT2D eigenvalue weighted by molar-refractivity contribution is 9.10. The van der Waals surface area contributed by atoms with Gasteiger partial charge in [-0.25, -0.2) is 0 Å². The Balaban J connectivity index is 1.46. The van der Waals surface area contributed by atoms with Gasteiger partial charge < -0.3 is 0 Å². The third-order valence-corrected chi connectivity index (χ3v) is 9.54. The van der Waals surface area contributed by atoms with Gasteiger partial charge in [0.1, 0.15) is 0 Å². The van der Waals surface area contributed by atoms with E-state index >= 15 is 0 Å². The molecule has 0 bridgehead atoms. The summed E-state index contributed by atoms with van der Waals surface area (Å²) in [5.74, 6) is 0. The average molecular weight is 697 g/mol. The number of rotatable bonds is 4. The second kappa shape index (κ2) is 11.5. The van der Waals surface area contributed by atoms with Crippen molar-refractivity contribution in [2.75, 3.05) is 0 Å². The van der Waals surface area contributed by atoms with Gasteiger partial charge in [0.15, 0.2) is 0 Å². The fraction of sp³-hybridized carbons (Fsp3) is 0.0952. The van der Waals surface area contributed by atoms with E-state index in [0.717, 1.165) is 8.95 Å². The molecular weight excluding hydrogens is 664 g/mol. The molecule has 7 aromatic carbocycles. The van der Waals surface area contributed by atoms with Crippen LogP contribution in [0.1, 0.15) is 26.3 Å². The Hall–Kier alpha value is -3.98. The van der Waals surface area contributed by atoms with E-state index in [1.54, 1.807) is 0 Å². The van der Waals surface area contributed by atoms with E-state index in [0.29, 0.717) is 0 Å². The van der Waals surface area contributed by atoms with Gasteiger partial charge in [-0.15, -0.1) is 0 Å². The summed E-state index contributed by atoms with van der Waals surface area (Å²) in [6.07, 6.45) is 0. The van der Waals surface area contributed by atoms with Gasteiger partial charge in [-0.2, -0.15) is 0 Å². The lowest BCUT2D eigenvalue weighted by Gasteiger charge is -2.29. The largest absolute Gasteiger partial charge is 0.0616 e. The third kappa shape index (κ3) is 5.54. The van der Waals surface area contributed by atoms with Crippen molar-refractivity contribution in [1.29, 1.82) is 0 Å². The number of hydrogen-bond acceptors (Lipinski definition) is 0. The van der Waals surface area contributed by atoms with E-state index in [2.05, 4.69) is 192 Å². The zero-order chi connectivity index (χ0) is 30.4. The molecule has 0 heterocycles. The van der Waals surface area contributed by atoms with Crippen molar-refractivity contribution in [1.82, 2.24) is 0 Å². The molecule has 0 aromatic heterocycles. The highest BCUT2D eigenvalue weighted by Gasteiger charge is 2.26. The van der Waals surface area contributed by atoms with Crippen LogP contribution in [0, 0.1) is 0 Å². The smallest absolute Gasteiger partial charge is 0.0175 e. The lowest BCUT2D eigenvalue weighted by molar-refractivity contribution is 0.594. The van der Waals surface area contributed by atoms with Crippen LogP contribution in [0.5, 0.6) is 0 Å². The van der Waals surface area contributed by atoms with Gasteiger partial charge >= 0.3 is 0 Å². The summed E-state index contributed by atoms with van der Waals surface area (Å²) in [5, 5.41) is 5.08. The minimum atomic E-state index is -0.0980. The highest BCUT2D eigenvalue weighted by atomic mass is 79.9. The van der Waals surface area contributed by atoms with Crippen LogP contribution in [-0.2, 0) is 5.41 Å². The number of benzene rings is 7. The summed E-state index contributed by atoms with van der Waals surface area (Å²) in [6, 6.07) is 51.1. The monoisotopic (exact) mass is 694 g/mol. The predicted molar refractivity (Wildman–Crippen MR) is 197 cm³/mol. The van der Waals surface area contributed by atoms with E-state index in [1.165, 1.54) is 71.6 Å². The first-order chi connectivity index (χ1) is 21.2. The van der Waals surface area contributed by atoms with Gasteiger partial charge in [0.25, 0.3) is 0 Å². The molecule has 0 nitrogen and oxygen atoms in total. The van der Waals surface area contributed by atoms with E-state index < -0.39 is 0 Å². The summed E-state index contributed by atoms with van der Waals surface area (Å²) in [5.41, 5.74) is 11.2. The third-order valence-electron chi connectivity index (χ3n) is 8.48. The van der Waals surface area contributed by atoms with Crippen LogP contribution >= 0.6 is 31.9 Å². The van der Waals surface area contributed by atoms with Crippen molar-refractivity contribution >= 4 is 53.4 Å². The van der Waals surface area contributed by atoms with Gasteiger partial charge in [-0.1, -0.05) is 150 Å². The maximum absolute atomic E-state index is 3.57. The minimum absolute atomic E-state index is 0.0980. The second-order valence-electron chi connectivity index (χ2n) is 12.5. The molecule has 0 radical (unpaired) electrons. The SMILES string of the molecule is CC(C)(C)c1c(-c2ccc(-c3ccc(Br)cc3)cc2)cc2cc3ccccc3cc2c1-c1ccc(-c2ccc(Br)cc2)cc1. The first-order valence-corrected chi connectivity index (χ1v) is 16.6. The molecule has 214 valence electrons. The first kappa shape index (κ1) is 28.8. The van der Waals surface area contributed by atoms with Crippen molar-refractivity contribution in [3.05, 3.63) is 154 Å². The van der Waals surface area contributed by atoms with Crippen molar-refractivity contribution in [2.45, 2.75) is 26.2 Å². The zero-order valence-electron chi connectivity index (χ0n) is 25.0. The molecule has 0 aliphatic carbocycles. The maximum Gasteiger partial charge on any atom is 0.0175 e. The summed E-state index contributed by atoms with van der Waals surface area (Å²) in [7, 11) is 0. The van der Waals surface area contributed by atoms with Gasteiger partial charge in [0.05, 0.1) is 0 Å².